The van der Waals surface area contributed by atoms with Crippen molar-refractivity contribution < 1.29 is 4.79 Å². The van der Waals surface area contributed by atoms with Crippen LogP contribution in [0.5, 0.6) is 0 Å². The van der Waals surface area contributed by atoms with Crippen LogP contribution in [0.15, 0.2) is 18.2 Å². The van der Waals surface area contributed by atoms with Crippen molar-refractivity contribution in [1.82, 2.24) is 25.5 Å². The Labute approximate surface area is 110 Å². The Morgan fingerprint density at radius 1 is 1.42 bits per heavy atom. The van der Waals surface area contributed by atoms with Gasteiger partial charge in [-0.15, -0.1) is 5.10 Å². The minimum atomic E-state index is -0.272. The maximum Gasteiger partial charge on any atom is 0.291 e. The van der Waals surface area contributed by atoms with Gasteiger partial charge in [0, 0.05) is 11.6 Å². The molecule has 3 rings (SSSR count). The van der Waals surface area contributed by atoms with Gasteiger partial charge in [0.25, 0.3) is 5.91 Å². The summed E-state index contributed by atoms with van der Waals surface area (Å²) in [7, 11) is 0. The van der Waals surface area contributed by atoms with Crippen LogP contribution >= 0.6 is 0 Å². The Hall–Kier alpha value is -2.24. The average molecular weight is 257 g/mol. The molecule has 0 atom stereocenters. The molecule has 0 spiro atoms. The molecule has 2 N–H and O–H groups in total. The van der Waals surface area contributed by atoms with Crippen LogP contribution in [0.25, 0.3) is 0 Å². The number of rotatable bonds is 4. The zero-order valence-electron chi connectivity index (χ0n) is 10.7. The lowest BCUT2D eigenvalue weighted by molar-refractivity contribution is 0.0940. The first-order chi connectivity index (χ1) is 9.22. The number of nitrogens with zero attached hydrogens (tertiary/aromatic N) is 3. The van der Waals surface area contributed by atoms with Gasteiger partial charge in [-0.1, -0.05) is 6.07 Å². The predicted octanol–water partition coefficient (Wildman–Crippen LogP) is 1.32. The summed E-state index contributed by atoms with van der Waals surface area (Å²) >= 11 is 0. The van der Waals surface area contributed by atoms with Gasteiger partial charge >= 0.3 is 0 Å². The van der Waals surface area contributed by atoms with Gasteiger partial charge in [0.2, 0.25) is 5.82 Å². The van der Waals surface area contributed by atoms with Crippen molar-refractivity contribution in [1.29, 1.82) is 0 Å². The van der Waals surface area contributed by atoms with E-state index in [0.717, 1.165) is 30.1 Å². The van der Waals surface area contributed by atoms with E-state index in [1.807, 2.05) is 25.1 Å². The molecule has 1 fully saturated rings. The monoisotopic (exact) mass is 257 g/mol. The lowest BCUT2D eigenvalue weighted by atomic mass is 10.3. The van der Waals surface area contributed by atoms with E-state index in [9.17, 15) is 4.79 Å². The standard InChI is InChI=1S/C13H15N5O/c1-8-3-2-4-10(15-8)7-14-13(19)12-16-11(17-18-12)9-5-6-9/h2-4,9H,5-7H2,1H3,(H,14,19)(H,16,17,18). The van der Waals surface area contributed by atoms with E-state index in [-0.39, 0.29) is 11.7 Å². The molecule has 0 aliphatic heterocycles. The summed E-state index contributed by atoms with van der Waals surface area (Å²) in [6.07, 6.45) is 2.26. The number of nitrogens with one attached hydrogen (secondary N) is 2. The van der Waals surface area contributed by atoms with Crippen molar-refractivity contribution in [2.24, 2.45) is 0 Å². The fraction of sp³-hybridized carbons (Fsp3) is 0.385. The van der Waals surface area contributed by atoms with E-state index in [1.54, 1.807) is 0 Å². The number of aryl methyl sites for hydroxylation is 1. The van der Waals surface area contributed by atoms with Crippen molar-refractivity contribution in [2.75, 3.05) is 0 Å². The molecule has 1 amide bonds. The van der Waals surface area contributed by atoms with Crippen LogP contribution < -0.4 is 5.32 Å². The molecular formula is C13H15N5O. The molecule has 0 unspecified atom stereocenters. The largest absolute Gasteiger partial charge is 0.344 e. The third-order valence-corrected chi connectivity index (χ3v) is 3.05. The van der Waals surface area contributed by atoms with Gasteiger partial charge in [0.05, 0.1) is 12.2 Å². The van der Waals surface area contributed by atoms with E-state index in [4.69, 9.17) is 0 Å². The van der Waals surface area contributed by atoms with E-state index in [1.165, 1.54) is 0 Å². The number of hydrogen-bond acceptors (Lipinski definition) is 4. The number of amides is 1. The highest BCUT2D eigenvalue weighted by molar-refractivity contribution is 5.90. The van der Waals surface area contributed by atoms with E-state index >= 15 is 0 Å². The lowest BCUT2D eigenvalue weighted by Gasteiger charge is -2.02. The Morgan fingerprint density at radius 2 is 2.26 bits per heavy atom. The fourth-order valence-corrected chi connectivity index (χ4v) is 1.86. The first kappa shape index (κ1) is 11.8. The Bertz CT molecular complexity index is 603. The summed E-state index contributed by atoms with van der Waals surface area (Å²) in [4.78, 5) is 20.4. The summed E-state index contributed by atoms with van der Waals surface area (Å²) in [6.45, 7) is 2.30. The molecule has 1 saturated carbocycles. The van der Waals surface area contributed by atoms with Gasteiger partial charge in [-0.25, -0.2) is 4.98 Å². The molecule has 6 heteroatoms. The van der Waals surface area contributed by atoms with Gasteiger partial charge in [0.15, 0.2) is 0 Å². The molecule has 1 aliphatic carbocycles. The number of carbonyl (C=O) groups excluding carboxylic acids is 1. The zero-order chi connectivity index (χ0) is 13.2. The van der Waals surface area contributed by atoms with Crippen LogP contribution in [0.2, 0.25) is 0 Å². The summed E-state index contributed by atoms with van der Waals surface area (Å²) in [6, 6.07) is 5.71. The average Bonchev–Trinajstić information content (AvgIpc) is 3.14. The SMILES string of the molecule is Cc1cccc(CNC(=O)c2n[nH]c(C3CC3)n2)n1. The normalized spacial score (nSPS) is 14.4. The van der Waals surface area contributed by atoms with E-state index in [0.29, 0.717) is 12.5 Å². The lowest BCUT2D eigenvalue weighted by Crippen LogP contribution is -2.24. The molecule has 0 saturated heterocycles. The van der Waals surface area contributed by atoms with Crippen LogP contribution in [0, 0.1) is 6.92 Å². The van der Waals surface area contributed by atoms with Gasteiger partial charge in [-0.3, -0.25) is 14.9 Å². The molecule has 2 aromatic heterocycles. The van der Waals surface area contributed by atoms with Crippen LogP contribution in [0.3, 0.4) is 0 Å². The van der Waals surface area contributed by atoms with Gasteiger partial charge < -0.3 is 5.32 Å². The third kappa shape index (κ3) is 2.78. The molecule has 98 valence electrons. The number of H-pyrrole nitrogens is 1. The number of carbonyl (C=O) groups is 1. The van der Waals surface area contributed by atoms with Crippen LogP contribution in [0.4, 0.5) is 0 Å². The number of hydrogen-bond donors (Lipinski definition) is 2. The summed E-state index contributed by atoms with van der Waals surface area (Å²) in [5.41, 5.74) is 1.76. The quantitative estimate of drug-likeness (QED) is 0.865. The highest BCUT2D eigenvalue weighted by Gasteiger charge is 2.28. The van der Waals surface area contributed by atoms with Crippen molar-refractivity contribution in [2.45, 2.75) is 32.2 Å². The van der Waals surface area contributed by atoms with Gasteiger partial charge in [-0.05, 0) is 31.9 Å². The second kappa shape index (κ2) is 4.79. The maximum atomic E-state index is 11.9. The molecule has 0 aromatic carbocycles. The molecule has 19 heavy (non-hydrogen) atoms. The number of aromatic nitrogens is 4. The van der Waals surface area contributed by atoms with Gasteiger partial charge in [0.1, 0.15) is 5.82 Å². The Morgan fingerprint density at radius 3 is 3.00 bits per heavy atom. The second-order valence-electron chi connectivity index (χ2n) is 4.77. The Balaban J connectivity index is 1.61. The molecular weight excluding hydrogens is 242 g/mol. The van der Waals surface area contributed by atoms with Gasteiger partial charge in [-0.2, -0.15) is 0 Å². The van der Waals surface area contributed by atoms with E-state index < -0.39 is 0 Å². The summed E-state index contributed by atoms with van der Waals surface area (Å²) < 4.78 is 0. The topological polar surface area (TPSA) is 83.6 Å². The zero-order valence-corrected chi connectivity index (χ0v) is 10.7. The second-order valence-corrected chi connectivity index (χ2v) is 4.77. The van der Waals surface area contributed by atoms with Crippen LogP contribution in [0.1, 0.15) is 46.6 Å². The first-order valence-corrected chi connectivity index (χ1v) is 6.35. The predicted molar refractivity (Wildman–Crippen MR) is 68.5 cm³/mol. The Kier molecular flexibility index (Phi) is 2.98. The first-order valence-electron chi connectivity index (χ1n) is 6.35. The summed E-state index contributed by atoms with van der Waals surface area (Å²) in [5, 5.41) is 9.53. The third-order valence-electron chi connectivity index (χ3n) is 3.05. The van der Waals surface area contributed by atoms with Crippen LogP contribution in [-0.4, -0.2) is 26.1 Å². The molecule has 2 aromatic rings. The highest BCUT2D eigenvalue weighted by Crippen LogP contribution is 2.37. The minimum absolute atomic E-state index is 0.203. The number of pyridine rings is 1. The molecule has 2 heterocycles. The van der Waals surface area contributed by atoms with Crippen LogP contribution in [-0.2, 0) is 6.54 Å². The number of aromatic amines is 1. The maximum absolute atomic E-state index is 11.9. The van der Waals surface area contributed by atoms with Crippen molar-refractivity contribution in [3.63, 3.8) is 0 Å². The molecule has 1 aliphatic rings. The molecule has 0 bridgehead atoms. The van der Waals surface area contributed by atoms with Crippen molar-refractivity contribution in [3.8, 4) is 0 Å². The molecule has 6 nitrogen and oxygen atoms in total. The van der Waals surface area contributed by atoms with E-state index in [2.05, 4.69) is 25.5 Å². The van der Waals surface area contributed by atoms with Crippen molar-refractivity contribution >= 4 is 5.91 Å². The van der Waals surface area contributed by atoms with Crippen molar-refractivity contribution in [3.05, 3.63) is 41.2 Å². The minimum Gasteiger partial charge on any atom is -0.344 e. The fourth-order valence-electron chi connectivity index (χ4n) is 1.86. The summed E-state index contributed by atoms with van der Waals surface area (Å²) in [5.74, 6) is 1.22. The highest BCUT2D eigenvalue weighted by atomic mass is 16.2. The molecule has 0 radical (unpaired) electrons. The smallest absolute Gasteiger partial charge is 0.291 e.